The van der Waals surface area contributed by atoms with Gasteiger partial charge in [-0.25, -0.2) is 9.97 Å². The second-order valence-corrected chi connectivity index (χ2v) is 6.49. The Morgan fingerprint density at radius 1 is 1.45 bits per heavy atom. The highest BCUT2D eigenvalue weighted by Gasteiger charge is 2.20. The van der Waals surface area contributed by atoms with E-state index in [4.69, 9.17) is 0 Å². The molecule has 0 saturated heterocycles. The van der Waals surface area contributed by atoms with Crippen LogP contribution in [0.4, 0.5) is 5.82 Å². The Kier molecular flexibility index (Phi) is 3.99. The summed E-state index contributed by atoms with van der Waals surface area (Å²) in [6, 6.07) is -0.406. The Morgan fingerprint density at radius 3 is 2.80 bits per heavy atom. The summed E-state index contributed by atoms with van der Waals surface area (Å²) in [4.78, 5) is 20.6. The van der Waals surface area contributed by atoms with Crippen molar-refractivity contribution in [1.29, 1.82) is 0 Å². The number of nitrogens with one attached hydrogen (secondary N) is 2. The van der Waals surface area contributed by atoms with Crippen molar-refractivity contribution in [3.8, 4) is 0 Å². The summed E-state index contributed by atoms with van der Waals surface area (Å²) in [5, 5.41) is 6.03. The Balaban J connectivity index is 2.19. The molecule has 0 spiro atoms. The monoisotopic (exact) mass is 339 g/mol. The molecule has 20 heavy (non-hydrogen) atoms. The molecule has 6 nitrogen and oxygen atoms in total. The lowest BCUT2D eigenvalue weighted by molar-refractivity contribution is -0.122. The van der Waals surface area contributed by atoms with Crippen molar-refractivity contribution >= 4 is 33.3 Å². The molecule has 7 heteroatoms. The van der Waals surface area contributed by atoms with Gasteiger partial charge in [0.25, 0.3) is 0 Å². The number of carbonyl (C=O) groups excluding carboxylic acids is 1. The van der Waals surface area contributed by atoms with Crippen LogP contribution in [-0.2, 0) is 4.79 Å². The summed E-state index contributed by atoms with van der Waals surface area (Å²) in [6.45, 7) is 7.63. The third-order valence-electron chi connectivity index (χ3n) is 2.59. The third kappa shape index (κ3) is 3.47. The van der Waals surface area contributed by atoms with Gasteiger partial charge in [0.2, 0.25) is 5.91 Å². The first-order valence-corrected chi connectivity index (χ1v) is 7.13. The molecule has 0 aliphatic carbocycles. The van der Waals surface area contributed by atoms with E-state index in [-0.39, 0.29) is 11.4 Å². The average molecular weight is 340 g/mol. The molecule has 2 aromatic rings. The fourth-order valence-corrected chi connectivity index (χ4v) is 2.14. The van der Waals surface area contributed by atoms with Gasteiger partial charge in [-0.15, -0.1) is 0 Å². The van der Waals surface area contributed by atoms with Gasteiger partial charge in [0.15, 0.2) is 11.5 Å². The second-order valence-electron chi connectivity index (χ2n) is 5.68. The summed E-state index contributed by atoms with van der Waals surface area (Å²) in [7, 11) is 0. The van der Waals surface area contributed by atoms with E-state index in [9.17, 15) is 4.79 Å². The van der Waals surface area contributed by atoms with E-state index in [1.807, 2.05) is 37.6 Å². The minimum Gasteiger partial charge on any atom is -0.356 e. The SMILES string of the molecule is CC(Nc1nc(Br)cn2ccnc12)C(=O)NC(C)(C)C. The van der Waals surface area contributed by atoms with Crippen LogP contribution >= 0.6 is 15.9 Å². The Bertz CT molecular complexity index is 631. The van der Waals surface area contributed by atoms with Crippen LogP contribution in [0.5, 0.6) is 0 Å². The standard InChI is InChI=1S/C13H18BrN5O/c1-8(12(20)18-13(2,3)4)16-10-11-15-5-6-19(11)7-9(14)17-10/h5-8H,1-4H3,(H,16,17)(H,18,20). The first kappa shape index (κ1) is 14.8. The molecule has 1 unspecified atom stereocenters. The molecule has 2 aromatic heterocycles. The molecule has 1 amide bonds. The van der Waals surface area contributed by atoms with Gasteiger partial charge in [-0.05, 0) is 43.6 Å². The number of aromatic nitrogens is 3. The zero-order valence-corrected chi connectivity index (χ0v) is 13.5. The molecule has 2 rings (SSSR count). The number of amides is 1. The lowest BCUT2D eigenvalue weighted by Crippen LogP contribution is -2.47. The van der Waals surface area contributed by atoms with E-state index in [1.165, 1.54) is 0 Å². The van der Waals surface area contributed by atoms with Crippen LogP contribution in [0.1, 0.15) is 27.7 Å². The van der Waals surface area contributed by atoms with Crippen LogP contribution < -0.4 is 10.6 Å². The molecule has 2 N–H and O–H groups in total. The number of nitrogens with zero attached hydrogens (tertiary/aromatic N) is 3. The van der Waals surface area contributed by atoms with Crippen LogP contribution in [0.3, 0.4) is 0 Å². The number of anilines is 1. The van der Waals surface area contributed by atoms with Crippen molar-refractivity contribution in [2.24, 2.45) is 0 Å². The van der Waals surface area contributed by atoms with E-state index >= 15 is 0 Å². The molecule has 0 aliphatic rings. The topological polar surface area (TPSA) is 71.3 Å². The Labute approximate surface area is 126 Å². The fraction of sp³-hybridized carbons (Fsp3) is 0.462. The molecule has 0 saturated carbocycles. The summed E-state index contributed by atoms with van der Waals surface area (Å²) in [5.74, 6) is 0.491. The molecule has 0 aliphatic heterocycles. The summed E-state index contributed by atoms with van der Waals surface area (Å²) >= 11 is 3.34. The van der Waals surface area contributed by atoms with Gasteiger partial charge in [-0.1, -0.05) is 0 Å². The lowest BCUT2D eigenvalue weighted by atomic mass is 10.1. The second kappa shape index (κ2) is 5.40. The van der Waals surface area contributed by atoms with Gasteiger partial charge in [-0.2, -0.15) is 0 Å². The number of rotatable bonds is 3. The Morgan fingerprint density at radius 2 is 2.15 bits per heavy atom. The van der Waals surface area contributed by atoms with Gasteiger partial charge < -0.3 is 15.0 Å². The number of hydrogen-bond acceptors (Lipinski definition) is 4. The predicted molar refractivity (Wildman–Crippen MR) is 81.7 cm³/mol. The summed E-state index contributed by atoms with van der Waals surface area (Å²) < 4.78 is 2.52. The first-order chi connectivity index (χ1) is 9.26. The number of carbonyl (C=O) groups is 1. The minimum absolute atomic E-state index is 0.0796. The normalized spacial score (nSPS) is 13.2. The van der Waals surface area contributed by atoms with E-state index in [0.29, 0.717) is 16.1 Å². The van der Waals surface area contributed by atoms with Gasteiger partial charge in [0.1, 0.15) is 10.6 Å². The quantitative estimate of drug-likeness (QED) is 0.899. The molecule has 0 fully saturated rings. The van der Waals surface area contributed by atoms with Gasteiger partial charge in [-0.3, -0.25) is 4.79 Å². The largest absolute Gasteiger partial charge is 0.356 e. The van der Waals surface area contributed by atoms with Crippen LogP contribution in [-0.4, -0.2) is 31.9 Å². The van der Waals surface area contributed by atoms with Crippen molar-refractivity contribution in [3.63, 3.8) is 0 Å². The lowest BCUT2D eigenvalue weighted by Gasteiger charge is -2.24. The molecule has 1 atom stereocenters. The van der Waals surface area contributed by atoms with Gasteiger partial charge in [0, 0.05) is 24.1 Å². The maximum atomic E-state index is 12.1. The van der Waals surface area contributed by atoms with Crippen LogP contribution in [0.25, 0.3) is 5.65 Å². The highest BCUT2D eigenvalue weighted by Crippen LogP contribution is 2.17. The molecule has 0 bridgehead atoms. The highest BCUT2D eigenvalue weighted by atomic mass is 79.9. The van der Waals surface area contributed by atoms with Crippen LogP contribution in [0, 0.1) is 0 Å². The average Bonchev–Trinajstić information content (AvgIpc) is 2.74. The molecule has 0 radical (unpaired) electrons. The van der Waals surface area contributed by atoms with E-state index in [2.05, 4.69) is 36.5 Å². The minimum atomic E-state index is -0.406. The number of halogens is 1. The number of imidazole rings is 1. The van der Waals surface area contributed by atoms with E-state index in [0.717, 1.165) is 0 Å². The highest BCUT2D eigenvalue weighted by molar-refractivity contribution is 9.10. The van der Waals surface area contributed by atoms with E-state index in [1.54, 1.807) is 13.1 Å². The molecular weight excluding hydrogens is 322 g/mol. The third-order valence-corrected chi connectivity index (χ3v) is 2.97. The molecule has 0 aromatic carbocycles. The molecule has 108 valence electrons. The van der Waals surface area contributed by atoms with E-state index < -0.39 is 6.04 Å². The maximum absolute atomic E-state index is 12.1. The van der Waals surface area contributed by atoms with Crippen LogP contribution in [0.15, 0.2) is 23.2 Å². The zero-order valence-electron chi connectivity index (χ0n) is 11.9. The van der Waals surface area contributed by atoms with Gasteiger partial charge >= 0.3 is 0 Å². The summed E-state index contributed by atoms with van der Waals surface area (Å²) in [6.07, 6.45) is 5.33. The predicted octanol–water partition coefficient (Wildman–Crippen LogP) is 2.21. The van der Waals surface area contributed by atoms with Crippen molar-refractivity contribution in [3.05, 3.63) is 23.2 Å². The van der Waals surface area contributed by atoms with Crippen molar-refractivity contribution in [2.75, 3.05) is 5.32 Å². The van der Waals surface area contributed by atoms with Crippen LogP contribution in [0.2, 0.25) is 0 Å². The van der Waals surface area contributed by atoms with Crippen molar-refractivity contribution in [2.45, 2.75) is 39.3 Å². The number of hydrogen-bond donors (Lipinski definition) is 2. The molecule has 2 heterocycles. The van der Waals surface area contributed by atoms with Crippen molar-refractivity contribution in [1.82, 2.24) is 19.7 Å². The Hall–Kier alpha value is -1.63. The first-order valence-electron chi connectivity index (χ1n) is 6.34. The smallest absolute Gasteiger partial charge is 0.242 e. The van der Waals surface area contributed by atoms with Crippen molar-refractivity contribution < 1.29 is 4.79 Å². The summed E-state index contributed by atoms with van der Waals surface area (Å²) in [5.41, 5.74) is 0.420. The fourth-order valence-electron chi connectivity index (χ4n) is 1.75. The maximum Gasteiger partial charge on any atom is 0.242 e. The molecular formula is C13H18BrN5O. The number of fused-ring (bicyclic) bond motifs is 1. The van der Waals surface area contributed by atoms with Gasteiger partial charge in [0.05, 0.1) is 0 Å². The zero-order chi connectivity index (χ0) is 14.9.